The number of nitrogens with one attached hydrogen (secondary N) is 1. The van der Waals surface area contributed by atoms with Crippen LogP contribution in [0.15, 0.2) is 48.5 Å². The highest BCUT2D eigenvalue weighted by Crippen LogP contribution is 2.37. The Hall–Kier alpha value is -2.83. The number of aromatic nitrogens is 1. The average molecular weight is 517 g/mol. The van der Waals surface area contributed by atoms with E-state index in [1.807, 2.05) is 29.2 Å². The molecule has 1 saturated heterocycles. The Labute approximate surface area is 208 Å². The largest absolute Gasteiger partial charge is 0.394 e. The Morgan fingerprint density at radius 1 is 1.20 bits per heavy atom. The zero-order valence-corrected chi connectivity index (χ0v) is 20.8. The number of nitrogens with two attached hydrogens (primary N) is 1. The number of nitrogens with zero attached hydrogens (tertiary/aromatic N) is 2. The van der Waals surface area contributed by atoms with Gasteiger partial charge in [0.05, 0.1) is 41.5 Å². The molecule has 0 spiro atoms. The average Bonchev–Trinajstić information content (AvgIpc) is 3.25. The minimum absolute atomic E-state index is 0.0551. The van der Waals surface area contributed by atoms with Crippen LogP contribution in [0.25, 0.3) is 10.4 Å². The van der Waals surface area contributed by atoms with Gasteiger partial charge in [-0.3, -0.25) is 9.69 Å². The zero-order chi connectivity index (χ0) is 25.2. The number of benzene rings is 1. The third-order valence-corrected chi connectivity index (χ3v) is 8.73. The van der Waals surface area contributed by atoms with Crippen molar-refractivity contribution >= 4 is 37.9 Å². The van der Waals surface area contributed by atoms with Crippen LogP contribution < -0.4 is 11.1 Å². The summed E-state index contributed by atoms with van der Waals surface area (Å²) in [7, 11) is -3.04. The third-order valence-electron chi connectivity index (χ3n) is 6.02. The summed E-state index contributed by atoms with van der Waals surface area (Å²) in [6.07, 6.45) is -0.568. The van der Waals surface area contributed by atoms with E-state index in [0.717, 1.165) is 16.0 Å². The molecule has 4 rings (SSSR count). The van der Waals surface area contributed by atoms with Crippen LogP contribution >= 0.6 is 11.3 Å². The molecule has 0 bridgehead atoms. The van der Waals surface area contributed by atoms with Crippen molar-refractivity contribution in [1.29, 1.82) is 0 Å². The molecule has 0 saturated carbocycles. The summed E-state index contributed by atoms with van der Waals surface area (Å²) >= 11 is 1.36. The van der Waals surface area contributed by atoms with Gasteiger partial charge in [0.1, 0.15) is 10.8 Å². The lowest BCUT2D eigenvalue weighted by Crippen LogP contribution is -2.43. The number of sulfone groups is 1. The number of amides is 1. The molecule has 1 aromatic carbocycles. The summed E-state index contributed by atoms with van der Waals surface area (Å²) in [5.74, 6) is 0.0135. The van der Waals surface area contributed by atoms with Gasteiger partial charge in [-0.25, -0.2) is 13.4 Å². The minimum Gasteiger partial charge on any atom is -0.394 e. The summed E-state index contributed by atoms with van der Waals surface area (Å²) < 4.78 is 23.6. The molecular formula is C24H28N4O5S2. The molecule has 3 aromatic rings. The van der Waals surface area contributed by atoms with E-state index >= 15 is 0 Å². The number of hydrogen-bond donors (Lipinski definition) is 4. The maximum Gasteiger partial charge on any atom is 0.251 e. The van der Waals surface area contributed by atoms with Crippen molar-refractivity contribution in [1.82, 2.24) is 9.88 Å². The van der Waals surface area contributed by atoms with Crippen LogP contribution in [0.4, 0.5) is 10.8 Å². The van der Waals surface area contributed by atoms with E-state index < -0.39 is 27.9 Å². The van der Waals surface area contributed by atoms with Crippen molar-refractivity contribution in [2.24, 2.45) is 5.73 Å². The van der Waals surface area contributed by atoms with Crippen LogP contribution in [0, 0.1) is 0 Å². The molecule has 11 heteroatoms. The van der Waals surface area contributed by atoms with Crippen molar-refractivity contribution in [3.05, 3.63) is 65.4 Å². The number of primary amides is 1. The molecule has 1 aliphatic rings. The Bertz CT molecular complexity index is 1290. The van der Waals surface area contributed by atoms with Gasteiger partial charge in [0, 0.05) is 18.0 Å². The summed E-state index contributed by atoms with van der Waals surface area (Å²) in [6, 6.07) is 14.0. The summed E-state index contributed by atoms with van der Waals surface area (Å²) in [6.45, 7) is 2.17. The zero-order valence-electron chi connectivity index (χ0n) is 19.2. The lowest BCUT2D eigenvalue weighted by atomic mass is 10.1. The van der Waals surface area contributed by atoms with Crippen LogP contribution in [-0.2, 0) is 9.84 Å². The highest BCUT2D eigenvalue weighted by molar-refractivity contribution is 7.91. The molecule has 3 heterocycles. The van der Waals surface area contributed by atoms with E-state index in [1.165, 1.54) is 11.3 Å². The number of hydrogen-bond acceptors (Lipinski definition) is 9. The Morgan fingerprint density at radius 2 is 1.89 bits per heavy atom. The van der Waals surface area contributed by atoms with E-state index in [2.05, 4.69) is 10.3 Å². The normalized spacial score (nSPS) is 17.6. The van der Waals surface area contributed by atoms with E-state index in [1.54, 1.807) is 31.2 Å². The molecule has 186 valence electrons. The minimum atomic E-state index is -3.04. The molecule has 2 atom stereocenters. The van der Waals surface area contributed by atoms with Gasteiger partial charge >= 0.3 is 0 Å². The first-order valence-corrected chi connectivity index (χ1v) is 13.8. The van der Waals surface area contributed by atoms with E-state index in [-0.39, 0.29) is 18.1 Å². The number of pyridine rings is 1. The molecule has 9 nitrogen and oxygen atoms in total. The molecule has 1 amide bonds. The number of thiophene rings is 1. The highest BCUT2D eigenvalue weighted by atomic mass is 32.2. The number of carbonyl (C=O) groups is 1. The molecule has 1 fully saturated rings. The number of rotatable bonds is 8. The number of anilines is 2. The quantitative estimate of drug-likeness (QED) is 0.357. The molecular weight excluding hydrogens is 488 g/mol. The fraction of sp³-hybridized carbons (Fsp3) is 0.333. The maximum atomic E-state index is 12.1. The molecule has 0 radical (unpaired) electrons. The Balaban J connectivity index is 1.58. The highest BCUT2D eigenvalue weighted by Gasteiger charge is 2.28. The topological polar surface area (TPSA) is 146 Å². The standard InChI is InChI=1S/C24H28N4O5S2/c1-15(30)16-5-7-17(8-6-16)21-13-18(23(25)31)24(34-21)27-22-4-2-3-19(26-22)20(14-29)28-9-11-35(32,33)12-10-28/h2-8,13,15,20,29-30H,9-12,14H2,1H3,(H2,25,31)(H,26,27). The van der Waals surface area contributed by atoms with Crippen molar-refractivity contribution in [3.63, 3.8) is 0 Å². The lowest BCUT2D eigenvalue weighted by molar-refractivity contribution is 0.100. The number of carbonyl (C=O) groups excluding carboxylic acids is 1. The van der Waals surface area contributed by atoms with E-state index in [4.69, 9.17) is 5.73 Å². The molecule has 1 aliphatic heterocycles. The second kappa shape index (κ2) is 10.4. The first-order chi connectivity index (χ1) is 16.7. The summed E-state index contributed by atoms with van der Waals surface area (Å²) in [5.41, 5.74) is 8.24. The smallest absolute Gasteiger partial charge is 0.251 e. The second-order valence-corrected chi connectivity index (χ2v) is 11.8. The van der Waals surface area contributed by atoms with Crippen LogP contribution in [0.2, 0.25) is 0 Å². The molecule has 35 heavy (non-hydrogen) atoms. The van der Waals surface area contributed by atoms with Crippen LogP contribution in [-0.4, -0.2) is 65.6 Å². The van der Waals surface area contributed by atoms with Crippen molar-refractivity contribution in [3.8, 4) is 10.4 Å². The summed E-state index contributed by atoms with van der Waals surface area (Å²) in [5, 5.41) is 23.5. The monoisotopic (exact) mass is 516 g/mol. The van der Waals surface area contributed by atoms with Gasteiger partial charge in [-0.15, -0.1) is 11.3 Å². The van der Waals surface area contributed by atoms with Crippen molar-refractivity contribution in [2.75, 3.05) is 36.5 Å². The van der Waals surface area contributed by atoms with Gasteiger partial charge in [-0.2, -0.15) is 0 Å². The Kier molecular flexibility index (Phi) is 7.53. The van der Waals surface area contributed by atoms with Gasteiger partial charge in [0.25, 0.3) is 5.91 Å². The first-order valence-electron chi connectivity index (χ1n) is 11.2. The van der Waals surface area contributed by atoms with Gasteiger partial charge in [0.15, 0.2) is 9.84 Å². The predicted octanol–water partition coefficient (Wildman–Crippen LogP) is 2.47. The number of aliphatic hydroxyl groups excluding tert-OH is 2. The molecule has 2 aromatic heterocycles. The lowest BCUT2D eigenvalue weighted by Gasteiger charge is -2.33. The Morgan fingerprint density at radius 3 is 2.49 bits per heavy atom. The third kappa shape index (κ3) is 5.88. The molecule has 2 unspecified atom stereocenters. The van der Waals surface area contributed by atoms with Gasteiger partial charge in [-0.05, 0) is 36.2 Å². The second-order valence-electron chi connectivity index (χ2n) is 8.47. The van der Waals surface area contributed by atoms with Crippen LogP contribution in [0.1, 0.15) is 40.7 Å². The fourth-order valence-corrected chi connectivity index (χ4v) is 6.30. The van der Waals surface area contributed by atoms with Crippen LogP contribution in [0.3, 0.4) is 0 Å². The fourth-order valence-electron chi connectivity index (χ4n) is 3.99. The van der Waals surface area contributed by atoms with Gasteiger partial charge in [0.2, 0.25) is 0 Å². The maximum absolute atomic E-state index is 12.1. The van der Waals surface area contributed by atoms with E-state index in [9.17, 15) is 23.4 Å². The summed E-state index contributed by atoms with van der Waals surface area (Å²) in [4.78, 5) is 19.5. The number of aliphatic hydroxyl groups is 2. The van der Waals surface area contributed by atoms with E-state index in [0.29, 0.717) is 35.2 Å². The van der Waals surface area contributed by atoms with Crippen molar-refractivity contribution < 1.29 is 23.4 Å². The predicted molar refractivity (Wildman–Crippen MR) is 136 cm³/mol. The molecule has 5 N–H and O–H groups in total. The van der Waals surface area contributed by atoms with Gasteiger partial charge in [-0.1, -0.05) is 30.3 Å². The van der Waals surface area contributed by atoms with Gasteiger partial charge < -0.3 is 21.3 Å². The molecule has 0 aliphatic carbocycles. The van der Waals surface area contributed by atoms with Crippen molar-refractivity contribution in [2.45, 2.75) is 19.1 Å². The SMILES string of the molecule is CC(O)c1ccc(-c2cc(C(N)=O)c(Nc3cccc(C(CO)N4CCS(=O)(=O)CC4)n3)s2)cc1. The van der Waals surface area contributed by atoms with Crippen LogP contribution in [0.5, 0.6) is 0 Å². The first kappa shape index (κ1) is 25.3.